The summed E-state index contributed by atoms with van der Waals surface area (Å²) >= 11 is 6.14. The number of nitrogens with two attached hydrogens (primary N) is 1. The van der Waals surface area contributed by atoms with Gasteiger partial charge in [0.15, 0.2) is 0 Å². The molecule has 0 aliphatic heterocycles. The van der Waals surface area contributed by atoms with Gasteiger partial charge in [-0.15, -0.1) is 0 Å². The number of nitrogens with one attached hydrogen (secondary N) is 2. The second-order valence-corrected chi connectivity index (χ2v) is 8.55. The number of aliphatic hydroxyl groups excluding tert-OH is 1. The van der Waals surface area contributed by atoms with Crippen LogP contribution in [0.25, 0.3) is 11.1 Å². The SMILES string of the molecule is Cc1cc(Nc2ncc(-c3cnn(C(C)O)c3)c(NC3CCC(N)CC3)n2)ccc1Cl. The van der Waals surface area contributed by atoms with E-state index in [-0.39, 0.29) is 6.04 Å². The van der Waals surface area contributed by atoms with Gasteiger partial charge in [0, 0.05) is 46.3 Å². The quantitative estimate of drug-likeness (QED) is 0.452. The van der Waals surface area contributed by atoms with Crippen molar-refractivity contribution in [3.05, 3.63) is 47.4 Å². The molecule has 9 heteroatoms. The molecule has 0 spiro atoms. The number of hydrogen-bond acceptors (Lipinski definition) is 7. The van der Waals surface area contributed by atoms with E-state index in [1.807, 2.05) is 25.1 Å². The molecule has 1 aliphatic carbocycles. The van der Waals surface area contributed by atoms with Crippen LogP contribution < -0.4 is 16.4 Å². The zero-order valence-electron chi connectivity index (χ0n) is 17.7. The van der Waals surface area contributed by atoms with Gasteiger partial charge in [0.05, 0.1) is 6.20 Å². The Kier molecular flexibility index (Phi) is 6.41. The van der Waals surface area contributed by atoms with E-state index in [9.17, 15) is 5.11 Å². The predicted molar refractivity (Wildman–Crippen MR) is 124 cm³/mol. The number of anilines is 3. The van der Waals surface area contributed by atoms with Gasteiger partial charge in [-0.3, -0.25) is 0 Å². The van der Waals surface area contributed by atoms with Crippen LogP contribution in [-0.4, -0.2) is 36.9 Å². The summed E-state index contributed by atoms with van der Waals surface area (Å²) in [5.41, 5.74) is 9.58. The third-order valence-electron chi connectivity index (χ3n) is 5.61. The molecular formula is C22H28ClN7O. The molecule has 0 saturated heterocycles. The van der Waals surface area contributed by atoms with Crippen LogP contribution in [0.1, 0.15) is 44.4 Å². The Morgan fingerprint density at radius 2 is 2.00 bits per heavy atom. The van der Waals surface area contributed by atoms with Crippen LogP contribution in [0, 0.1) is 6.92 Å². The fourth-order valence-corrected chi connectivity index (χ4v) is 3.87. The van der Waals surface area contributed by atoms with Gasteiger partial charge in [0.25, 0.3) is 0 Å². The highest BCUT2D eigenvalue weighted by molar-refractivity contribution is 6.31. The highest BCUT2D eigenvalue weighted by Gasteiger charge is 2.21. The van der Waals surface area contributed by atoms with Gasteiger partial charge in [0.1, 0.15) is 12.0 Å². The Hall–Kier alpha value is -2.68. The van der Waals surface area contributed by atoms with Gasteiger partial charge >= 0.3 is 0 Å². The molecule has 5 N–H and O–H groups in total. The number of halogens is 1. The standard InChI is InChI=1S/C22H28ClN7O/c1-13-9-18(7-8-20(13)23)28-22-25-11-19(15-10-26-30(12-15)14(2)31)21(29-22)27-17-5-3-16(24)4-6-17/h7-12,14,16-17,31H,3-6,24H2,1-2H3,(H2,25,27,28,29). The molecule has 1 unspecified atom stereocenters. The van der Waals surface area contributed by atoms with E-state index < -0.39 is 6.23 Å². The molecule has 8 nitrogen and oxygen atoms in total. The van der Waals surface area contributed by atoms with Crippen LogP contribution >= 0.6 is 11.6 Å². The third-order valence-corrected chi connectivity index (χ3v) is 6.03. The van der Waals surface area contributed by atoms with Crippen molar-refractivity contribution in [1.82, 2.24) is 19.7 Å². The number of hydrogen-bond donors (Lipinski definition) is 4. The molecule has 31 heavy (non-hydrogen) atoms. The van der Waals surface area contributed by atoms with E-state index in [0.717, 1.165) is 58.9 Å². The molecule has 2 aromatic heterocycles. The lowest BCUT2D eigenvalue weighted by Crippen LogP contribution is -2.33. The van der Waals surface area contributed by atoms with Crippen molar-refractivity contribution in [3.8, 4) is 11.1 Å². The Morgan fingerprint density at radius 3 is 2.68 bits per heavy atom. The monoisotopic (exact) mass is 441 g/mol. The Balaban J connectivity index is 1.64. The van der Waals surface area contributed by atoms with Crippen LogP contribution in [0.4, 0.5) is 17.5 Å². The van der Waals surface area contributed by atoms with Crippen LogP contribution in [0.15, 0.2) is 36.8 Å². The minimum absolute atomic E-state index is 0.276. The van der Waals surface area contributed by atoms with Gasteiger partial charge in [-0.25, -0.2) is 9.67 Å². The second kappa shape index (κ2) is 9.21. The fourth-order valence-electron chi connectivity index (χ4n) is 3.75. The molecule has 1 aliphatic rings. The summed E-state index contributed by atoms with van der Waals surface area (Å²) in [5.74, 6) is 1.22. The first-order chi connectivity index (χ1) is 14.9. The zero-order valence-corrected chi connectivity index (χ0v) is 18.5. The highest BCUT2D eigenvalue weighted by Crippen LogP contribution is 2.31. The first-order valence-corrected chi connectivity index (χ1v) is 10.9. The van der Waals surface area contributed by atoms with Crippen molar-refractivity contribution < 1.29 is 5.11 Å². The van der Waals surface area contributed by atoms with Crippen molar-refractivity contribution in [3.63, 3.8) is 0 Å². The smallest absolute Gasteiger partial charge is 0.229 e. The number of aliphatic hydroxyl groups is 1. The van der Waals surface area contributed by atoms with Crippen LogP contribution in [0.2, 0.25) is 5.02 Å². The topological polar surface area (TPSA) is 114 Å². The van der Waals surface area contributed by atoms with Crippen molar-refractivity contribution in [2.24, 2.45) is 5.73 Å². The van der Waals surface area contributed by atoms with Gasteiger partial charge in [-0.1, -0.05) is 11.6 Å². The van der Waals surface area contributed by atoms with E-state index in [2.05, 4.69) is 20.7 Å². The maximum atomic E-state index is 9.81. The molecule has 0 amide bonds. The summed E-state index contributed by atoms with van der Waals surface area (Å²) in [6.07, 6.45) is 8.55. The first-order valence-electron chi connectivity index (χ1n) is 10.5. The lowest BCUT2D eigenvalue weighted by atomic mass is 9.91. The molecule has 0 bridgehead atoms. The van der Waals surface area contributed by atoms with E-state index in [1.54, 1.807) is 25.5 Å². The number of benzene rings is 1. The lowest BCUT2D eigenvalue weighted by molar-refractivity contribution is 0.111. The number of aromatic nitrogens is 4. The second-order valence-electron chi connectivity index (χ2n) is 8.14. The minimum atomic E-state index is -0.708. The van der Waals surface area contributed by atoms with Crippen LogP contribution in [0.3, 0.4) is 0 Å². The van der Waals surface area contributed by atoms with Crippen LogP contribution in [-0.2, 0) is 0 Å². The summed E-state index contributed by atoms with van der Waals surface area (Å²) < 4.78 is 1.50. The highest BCUT2D eigenvalue weighted by atomic mass is 35.5. The average Bonchev–Trinajstić information content (AvgIpc) is 3.23. The molecule has 1 atom stereocenters. The molecule has 1 fully saturated rings. The van der Waals surface area contributed by atoms with Crippen molar-refractivity contribution in [2.75, 3.05) is 10.6 Å². The van der Waals surface area contributed by atoms with Gasteiger partial charge < -0.3 is 21.5 Å². The molecule has 164 valence electrons. The minimum Gasteiger partial charge on any atom is -0.372 e. The van der Waals surface area contributed by atoms with E-state index in [0.29, 0.717) is 12.0 Å². The van der Waals surface area contributed by atoms with Crippen molar-refractivity contribution in [2.45, 2.75) is 57.8 Å². The van der Waals surface area contributed by atoms with Gasteiger partial charge in [0.2, 0.25) is 5.95 Å². The summed E-state index contributed by atoms with van der Waals surface area (Å²) in [6, 6.07) is 6.28. The largest absolute Gasteiger partial charge is 0.372 e. The van der Waals surface area contributed by atoms with Gasteiger partial charge in [-0.2, -0.15) is 10.1 Å². The lowest BCUT2D eigenvalue weighted by Gasteiger charge is -2.28. The maximum Gasteiger partial charge on any atom is 0.229 e. The Morgan fingerprint density at radius 1 is 1.23 bits per heavy atom. The number of aryl methyl sites for hydroxylation is 1. The molecule has 4 rings (SSSR count). The normalized spacial score (nSPS) is 19.8. The molecule has 0 radical (unpaired) electrons. The average molecular weight is 442 g/mol. The zero-order chi connectivity index (χ0) is 22.0. The Labute approximate surface area is 186 Å². The molecule has 1 saturated carbocycles. The van der Waals surface area contributed by atoms with Gasteiger partial charge in [-0.05, 0) is 63.3 Å². The molecule has 2 heterocycles. The predicted octanol–water partition coefficient (Wildman–Crippen LogP) is 4.24. The van der Waals surface area contributed by atoms with Crippen molar-refractivity contribution in [1.29, 1.82) is 0 Å². The molecule has 3 aromatic rings. The molecule has 1 aromatic carbocycles. The summed E-state index contributed by atoms with van der Waals surface area (Å²) in [4.78, 5) is 9.27. The van der Waals surface area contributed by atoms with Crippen LogP contribution in [0.5, 0.6) is 0 Å². The summed E-state index contributed by atoms with van der Waals surface area (Å²) in [7, 11) is 0. The fraction of sp³-hybridized carbons (Fsp3) is 0.409. The van der Waals surface area contributed by atoms with E-state index >= 15 is 0 Å². The van der Waals surface area contributed by atoms with Crippen molar-refractivity contribution >= 4 is 29.1 Å². The van der Waals surface area contributed by atoms with E-state index in [4.69, 9.17) is 22.3 Å². The summed E-state index contributed by atoms with van der Waals surface area (Å²) in [5, 5.41) is 21.6. The Bertz CT molecular complexity index is 1040. The number of nitrogens with zero attached hydrogens (tertiary/aromatic N) is 4. The maximum absolute atomic E-state index is 9.81. The van der Waals surface area contributed by atoms with E-state index in [1.165, 1.54) is 4.68 Å². The molecular weight excluding hydrogens is 414 g/mol. The summed E-state index contributed by atoms with van der Waals surface area (Å²) in [6.45, 7) is 3.62. The third kappa shape index (κ3) is 5.15. The first kappa shape index (κ1) is 21.5. The number of rotatable bonds is 6.